The van der Waals surface area contributed by atoms with Crippen molar-refractivity contribution in [3.63, 3.8) is 0 Å². The Bertz CT molecular complexity index is 331. The summed E-state index contributed by atoms with van der Waals surface area (Å²) in [7, 11) is 0. The number of aliphatic carboxylic acids is 1. The quantitative estimate of drug-likeness (QED) is 0.666. The molecule has 2 N–H and O–H groups in total. The Morgan fingerprint density at radius 2 is 2.50 bits per heavy atom. The van der Waals surface area contributed by atoms with E-state index in [4.69, 9.17) is 9.52 Å². The average molecular weight is 197 g/mol. The zero-order chi connectivity index (χ0) is 10.6. The molecule has 76 valence electrons. The highest BCUT2D eigenvalue weighted by Crippen LogP contribution is 2.11. The molecule has 0 fully saturated rings. The highest BCUT2D eigenvalue weighted by molar-refractivity contribution is 5.76. The Kier molecular flexibility index (Phi) is 3.28. The number of amides is 1. The van der Waals surface area contributed by atoms with Gasteiger partial charge in [0, 0.05) is 6.42 Å². The zero-order valence-electron chi connectivity index (χ0n) is 7.69. The number of carboxylic acids is 1. The molecule has 1 atom stereocenters. The van der Waals surface area contributed by atoms with Gasteiger partial charge < -0.3 is 14.8 Å². The van der Waals surface area contributed by atoms with Crippen LogP contribution in [0.5, 0.6) is 0 Å². The predicted octanol–water partition coefficient (Wildman–Crippen LogP) is 0.330. The molecule has 14 heavy (non-hydrogen) atoms. The smallest absolute Gasteiger partial charge is 0.326 e. The fourth-order valence-electron chi connectivity index (χ4n) is 1.10. The Labute approximate surface area is 80.7 Å². The monoisotopic (exact) mass is 197 g/mol. The van der Waals surface area contributed by atoms with Gasteiger partial charge in [-0.2, -0.15) is 0 Å². The predicted molar refractivity (Wildman–Crippen MR) is 47.8 cm³/mol. The number of rotatable bonds is 5. The van der Waals surface area contributed by atoms with Crippen molar-refractivity contribution >= 4 is 12.4 Å². The minimum Gasteiger partial charge on any atom is -0.480 e. The van der Waals surface area contributed by atoms with Gasteiger partial charge >= 0.3 is 5.97 Å². The number of carboxylic acid groups (broad SMARTS) is 1. The van der Waals surface area contributed by atoms with E-state index >= 15 is 0 Å². The van der Waals surface area contributed by atoms with Crippen LogP contribution in [0.1, 0.15) is 11.3 Å². The standard InChI is InChI=1S/C9H11NO4/c1-6-2-3-14-8(6)4-7(9(12)13)10-5-11/h2-3,5,7H,4H2,1H3,(H,10,11)(H,12,13). The van der Waals surface area contributed by atoms with E-state index in [0.29, 0.717) is 12.2 Å². The lowest BCUT2D eigenvalue weighted by Crippen LogP contribution is -2.37. The maximum Gasteiger partial charge on any atom is 0.326 e. The third-order valence-electron chi connectivity index (χ3n) is 1.93. The van der Waals surface area contributed by atoms with E-state index < -0.39 is 12.0 Å². The summed E-state index contributed by atoms with van der Waals surface area (Å²) in [6, 6.07) is 0.812. The molecule has 1 amide bonds. The molecule has 0 aliphatic rings. The lowest BCUT2D eigenvalue weighted by Gasteiger charge is -2.09. The van der Waals surface area contributed by atoms with Gasteiger partial charge in [-0.15, -0.1) is 0 Å². The molecule has 0 aliphatic heterocycles. The van der Waals surface area contributed by atoms with Crippen molar-refractivity contribution in [1.29, 1.82) is 0 Å². The molecule has 0 bridgehead atoms. The van der Waals surface area contributed by atoms with Crippen LogP contribution in [0.15, 0.2) is 16.7 Å². The van der Waals surface area contributed by atoms with Crippen LogP contribution in [0.3, 0.4) is 0 Å². The molecular weight excluding hydrogens is 186 g/mol. The van der Waals surface area contributed by atoms with Crippen molar-refractivity contribution in [2.24, 2.45) is 0 Å². The van der Waals surface area contributed by atoms with Gasteiger partial charge in [-0.3, -0.25) is 4.79 Å². The van der Waals surface area contributed by atoms with Crippen LogP contribution in [-0.2, 0) is 16.0 Å². The van der Waals surface area contributed by atoms with Gasteiger partial charge in [-0.05, 0) is 18.6 Å². The highest BCUT2D eigenvalue weighted by Gasteiger charge is 2.19. The third kappa shape index (κ3) is 2.35. The maximum absolute atomic E-state index is 10.7. The normalized spacial score (nSPS) is 12.1. The summed E-state index contributed by atoms with van der Waals surface area (Å²) in [5, 5.41) is 10.9. The van der Waals surface area contributed by atoms with Gasteiger partial charge in [0.2, 0.25) is 6.41 Å². The Balaban J connectivity index is 2.69. The lowest BCUT2D eigenvalue weighted by atomic mass is 10.1. The van der Waals surface area contributed by atoms with E-state index in [9.17, 15) is 9.59 Å². The molecule has 5 heteroatoms. The molecule has 1 unspecified atom stereocenters. The summed E-state index contributed by atoms with van der Waals surface area (Å²) in [6.07, 6.45) is 2.02. The minimum atomic E-state index is -1.08. The van der Waals surface area contributed by atoms with E-state index in [1.807, 2.05) is 6.92 Å². The second-order valence-corrected chi connectivity index (χ2v) is 2.91. The van der Waals surface area contributed by atoms with Gasteiger partial charge in [0.05, 0.1) is 6.26 Å². The molecule has 0 saturated carbocycles. The largest absolute Gasteiger partial charge is 0.480 e. The number of aryl methyl sites for hydroxylation is 1. The Morgan fingerprint density at radius 3 is 2.93 bits per heavy atom. The van der Waals surface area contributed by atoms with Gasteiger partial charge in [0.25, 0.3) is 0 Å². The van der Waals surface area contributed by atoms with Crippen LogP contribution in [0, 0.1) is 6.92 Å². The SMILES string of the molecule is Cc1ccoc1CC(NC=O)C(=O)O. The van der Waals surface area contributed by atoms with Gasteiger partial charge in [0.1, 0.15) is 11.8 Å². The van der Waals surface area contributed by atoms with Crippen LogP contribution in [0.25, 0.3) is 0 Å². The van der Waals surface area contributed by atoms with E-state index in [1.165, 1.54) is 6.26 Å². The van der Waals surface area contributed by atoms with E-state index in [-0.39, 0.29) is 6.42 Å². The Hall–Kier alpha value is -1.78. The van der Waals surface area contributed by atoms with Crippen LogP contribution < -0.4 is 5.32 Å². The fraction of sp³-hybridized carbons (Fsp3) is 0.333. The molecule has 0 aromatic carbocycles. The summed E-state index contributed by atoms with van der Waals surface area (Å²) >= 11 is 0. The minimum absolute atomic E-state index is 0.160. The van der Waals surface area contributed by atoms with Crippen molar-refractivity contribution in [1.82, 2.24) is 5.32 Å². The number of furan rings is 1. The van der Waals surface area contributed by atoms with Crippen molar-refractivity contribution in [2.45, 2.75) is 19.4 Å². The first-order chi connectivity index (χ1) is 6.65. The number of hydrogen-bond donors (Lipinski definition) is 2. The van der Waals surface area contributed by atoms with Crippen molar-refractivity contribution in [3.8, 4) is 0 Å². The molecule has 0 saturated heterocycles. The van der Waals surface area contributed by atoms with Crippen molar-refractivity contribution in [3.05, 3.63) is 23.7 Å². The molecule has 1 rings (SSSR count). The zero-order valence-corrected chi connectivity index (χ0v) is 7.69. The maximum atomic E-state index is 10.7. The summed E-state index contributed by atoms with van der Waals surface area (Å²) < 4.78 is 5.07. The molecule has 0 spiro atoms. The van der Waals surface area contributed by atoms with Crippen molar-refractivity contribution in [2.75, 3.05) is 0 Å². The topological polar surface area (TPSA) is 79.5 Å². The number of carbonyl (C=O) groups excluding carboxylic acids is 1. The highest BCUT2D eigenvalue weighted by atomic mass is 16.4. The molecular formula is C9H11NO4. The van der Waals surface area contributed by atoms with Gasteiger partial charge in [-0.25, -0.2) is 4.79 Å². The van der Waals surface area contributed by atoms with E-state index in [0.717, 1.165) is 5.56 Å². The second-order valence-electron chi connectivity index (χ2n) is 2.91. The number of hydrogen-bond acceptors (Lipinski definition) is 3. The fourth-order valence-corrected chi connectivity index (χ4v) is 1.10. The van der Waals surface area contributed by atoms with Crippen LogP contribution in [0.4, 0.5) is 0 Å². The summed E-state index contributed by atoms with van der Waals surface area (Å²) in [5.41, 5.74) is 0.879. The van der Waals surface area contributed by atoms with Crippen LogP contribution >= 0.6 is 0 Å². The second kappa shape index (κ2) is 4.45. The Morgan fingerprint density at radius 1 is 1.79 bits per heavy atom. The molecule has 1 aromatic rings. The molecule has 1 aromatic heterocycles. The molecule has 1 heterocycles. The number of carbonyl (C=O) groups is 2. The van der Waals surface area contributed by atoms with E-state index in [2.05, 4.69) is 5.32 Å². The molecule has 0 aliphatic carbocycles. The lowest BCUT2D eigenvalue weighted by molar-refractivity contribution is -0.140. The summed E-state index contributed by atoms with van der Waals surface area (Å²) in [4.78, 5) is 20.8. The molecule has 5 nitrogen and oxygen atoms in total. The summed E-state index contributed by atoms with van der Waals surface area (Å²) in [5.74, 6) is -0.500. The first-order valence-electron chi connectivity index (χ1n) is 4.10. The first-order valence-corrected chi connectivity index (χ1v) is 4.10. The van der Waals surface area contributed by atoms with E-state index in [1.54, 1.807) is 6.07 Å². The van der Waals surface area contributed by atoms with Gasteiger partial charge in [0.15, 0.2) is 0 Å². The average Bonchev–Trinajstić information content (AvgIpc) is 2.51. The first kappa shape index (κ1) is 10.3. The number of nitrogens with one attached hydrogen (secondary N) is 1. The van der Waals surface area contributed by atoms with Crippen molar-refractivity contribution < 1.29 is 19.1 Å². The molecule has 0 radical (unpaired) electrons. The summed E-state index contributed by atoms with van der Waals surface area (Å²) in [6.45, 7) is 1.82. The van der Waals surface area contributed by atoms with Gasteiger partial charge in [-0.1, -0.05) is 0 Å². The van der Waals surface area contributed by atoms with Crippen LogP contribution in [-0.4, -0.2) is 23.5 Å². The van der Waals surface area contributed by atoms with Crippen LogP contribution in [0.2, 0.25) is 0 Å². The third-order valence-corrected chi connectivity index (χ3v) is 1.93.